The minimum absolute atomic E-state index is 0.257. The molecule has 1 saturated carbocycles. The van der Waals surface area contributed by atoms with E-state index in [-0.39, 0.29) is 5.04 Å². The van der Waals surface area contributed by atoms with Gasteiger partial charge in [0.15, 0.2) is 8.32 Å². The number of hydrogen-bond acceptors (Lipinski definition) is 4. The molecular weight excluding hydrogens is 304 g/mol. The summed E-state index contributed by atoms with van der Waals surface area (Å²) in [4.78, 5) is 0. The Hall–Kier alpha value is 0.0869. The van der Waals surface area contributed by atoms with Gasteiger partial charge in [0.25, 0.3) is 10.1 Å². The third-order valence-electron chi connectivity index (χ3n) is 4.97. The molecule has 1 rings (SSSR count). The van der Waals surface area contributed by atoms with Crippen molar-refractivity contribution in [1.29, 1.82) is 0 Å². The first kappa shape index (κ1) is 19.1. The van der Waals surface area contributed by atoms with E-state index in [0.717, 1.165) is 38.5 Å². The van der Waals surface area contributed by atoms with Gasteiger partial charge in [-0.15, -0.1) is 0 Å². The summed E-state index contributed by atoms with van der Waals surface area (Å²) in [6, 6.07) is 0. The Balaban J connectivity index is 2.31. The molecule has 1 fully saturated rings. The molecule has 0 amide bonds. The molecule has 6 heteroatoms. The Labute approximate surface area is 131 Å². The number of rotatable bonds is 6. The quantitative estimate of drug-likeness (QED) is 0.547. The molecule has 126 valence electrons. The first-order valence-electron chi connectivity index (χ1n) is 7.89. The minimum atomic E-state index is -3.30. The molecule has 0 radical (unpaired) electrons. The molecule has 0 unspecified atom stereocenters. The highest BCUT2D eigenvalue weighted by Crippen LogP contribution is 2.38. The van der Waals surface area contributed by atoms with Crippen molar-refractivity contribution in [2.75, 3.05) is 19.5 Å². The predicted molar refractivity (Wildman–Crippen MR) is 89.4 cm³/mol. The molecule has 0 aromatic heterocycles. The van der Waals surface area contributed by atoms with Gasteiger partial charge in [0, 0.05) is 6.61 Å². The molecule has 0 bridgehead atoms. The van der Waals surface area contributed by atoms with Crippen LogP contribution < -0.4 is 0 Å². The lowest BCUT2D eigenvalue weighted by Gasteiger charge is -2.38. The molecule has 1 aliphatic rings. The predicted octanol–water partition coefficient (Wildman–Crippen LogP) is 3.79. The van der Waals surface area contributed by atoms with Crippen LogP contribution in [0.5, 0.6) is 0 Å². The van der Waals surface area contributed by atoms with Crippen LogP contribution in [0.3, 0.4) is 0 Å². The van der Waals surface area contributed by atoms with E-state index in [9.17, 15) is 8.42 Å². The molecule has 0 aromatic carbocycles. The highest BCUT2D eigenvalue weighted by atomic mass is 32.2. The molecule has 1 aliphatic carbocycles. The molecular formula is C15H32O4SSi. The van der Waals surface area contributed by atoms with E-state index in [2.05, 4.69) is 33.9 Å². The second-order valence-corrected chi connectivity index (χ2v) is 14.4. The third-order valence-corrected chi connectivity index (χ3v) is 10.0. The van der Waals surface area contributed by atoms with Gasteiger partial charge >= 0.3 is 0 Å². The Morgan fingerprint density at radius 1 is 1.00 bits per heavy atom. The van der Waals surface area contributed by atoms with Crippen molar-refractivity contribution in [3.63, 3.8) is 0 Å². The SMILES string of the molecule is CC(C)(C)[Si](C)(C)OC[C@H]1CC[C@H](COS(C)(=O)=O)CC1. The van der Waals surface area contributed by atoms with Gasteiger partial charge in [-0.2, -0.15) is 8.42 Å². The van der Waals surface area contributed by atoms with Gasteiger partial charge < -0.3 is 4.43 Å². The van der Waals surface area contributed by atoms with Crippen LogP contribution in [0.25, 0.3) is 0 Å². The summed E-state index contributed by atoms with van der Waals surface area (Å²) in [5.41, 5.74) is 0. The lowest BCUT2D eigenvalue weighted by Crippen LogP contribution is -2.42. The van der Waals surface area contributed by atoms with Crippen molar-refractivity contribution < 1.29 is 17.0 Å². The zero-order chi connectivity index (χ0) is 16.3. The molecule has 0 spiro atoms. The van der Waals surface area contributed by atoms with Crippen LogP contribution in [0.15, 0.2) is 0 Å². The fraction of sp³-hybridized carbons (Fsp3) is 1.00. The first-order chi connectivity index (χ1) is 9.41. The van der Waals surface area contributed by atoms with Crippen molar-refractivity contribution >= 4 is 18.4 Å². The monoisotopic (exact) mass is 336 g/mol. The maximum absolute atomic E-state index is 11.0. The Morgan fingerprint density at radius 3 is 1.81 bits per heavy atom. The van der Waals surface area contributed by atoms with E-state index < -0.39 is 18.4 Å². The molecule has 0 aliphatic heterocycles. The smallest absolute Gasteiger partial charge is 0.264 e. The van der Waals surface area contributed by atoms with E-state index in [1.54, 1.807) is 0 Å². The summed E-state index contributed by atoms with van der Waals surface area (Å²) in [5.74, 6) is 0.998. The van der Waals surface area contributed by atoms with Gasteiger partial charge in [0.05, 0.1) is 12.9 Å². The van der Waals surface area contributed by atoms with Crippen molar-refractivity contribution in [1.82, 2.24) is 0 Å². The second kappa shape index (κ2) is 7.11. The Bertz CT molecular complexity index is 417. The molecule has 21 heavy (non-hydrogen) atoms. The van der Waals surface area contributed by atoms with Crippen LogP contribution in [-0.2, 0) is 18.7 Å². The average molecular weight is 337 g/mol. The fourth-order valence-electron chi connectivity index (χ4n) is 2.33. The maximum Gasteiger partial charge on any atom is 0.264 e. The summed E-state index contributed by atoms with van der Waals surface area (Å²) in [6.07, 6.45) is 5.44. The summed E-state index contributed by atoms with van der Waals surface area (Å²) in [5, 5.41) is 0.257. The molecule has 0 N–H and O–H groups in total. The Morgan fingerprint density at radius 2 is 1.43 bits per heavy atom. The lowest BCUT2D eigenvalue weighted by atomic mass is 9.83. The average Bonchev–Trinajstić information content (AvgIpc) is 2.33. The molecule has 0 saturated heterocycles. The zero-order valence-electron chi connectivity index (χ0n) is 14.4. The summed E-state index contributed by atoms with van der Waals surface area (Å²) in [7, 11) is -4.95. The van der Waals surface area contributed by atoms with Gasteiger partial charge in [-0.05, 0) is 55.7 Å². The van der Waals surface area contributed by atoms with Crippen molar-refractivity contribution in [2.24, 2.45) is 11.8 Å². The number of hydrogen-bond donors (Lipinski definition) is 0. The fourth-order valence-corrected chi connectivity index (χ4v) is 3.85. The second-order valence-electron chi connectivity index (χ2n) is 7.95. The van der Waals surface area contributed by atoms with Gasteiger partial charge in [-0.1, -0.05) is 20.8 Å². The van der Waals surface area contributed by atoms with E-state index in [1.807, 2.05) is 0 Å². The topological polar surface area (TPSA) is 52.6 Å². The van der Waals surface area contributed by atoms with Crippen LogP contribution >= 0.6 is 0 Å². The van der Waals surface area contributed by atoms with Crippen molar-refractivity contribution in [3.05, 3.63) is 0 Å². The largest absolute Gasteiger partial charge is 0.417 e. The van der Waals surface area contributed by atoms with Crippen LogP contribution in [-0.4, -0.2) is 36.2 Å². The minimum Gasteiger partial charge on any atom is -0.417 e. The van der Waals surface area contributed by atoms with Gasteiger partial charge in [-0.3, -0.25) is 4.18 Å². The lowest BCUT2D eigenvalue weighted by molar-refractivity contribution is 0.144. The molecule has 0 aromatic rings. The summed E-state index contributed by atoms with van der Waals surface area (Å²) in [6.45, 7) is 12.6. The Kier molecular flexibility index (Phi) is 6.48. The third kappa shape index (κ3) is 6.80. The van der Waals surface area contributed by atoms with E-state index in [0.29, 0.717) is 18.4 Å². The van der Waals surface area contributed by atoms with Gasteiger partial charge in [0.2, 0.25) is 0 Å². The van der Waals surface area contributed by atoms with Crippen LogP contribution in [0.1, 0.15) is 46.5 Å². The van der Waals surface area contributed by atoms with Gasteiger partial charge in [0.1, 0.15) is 0 Å². The van der Waals surface area contributed by atoms with Crippen LogP contribution in [0.4, 0.5) is 0 Å². The highest BCUT2D eigenvalue weighted by Gasteiger charge is 2.37. The van der Waals surface area contributed by atoms with E-state index in [1.165, 1.54) is 0 Å². The van der Waals surface area contributed by atoms with Gasteiger partial charge in [-0.25, -0.2) is 0 Å². The summed E-state index contributed by atoms with van der Waals surface area (Å²) >= 11 is 0. The molecule has 4 nitrogen and oxygen atoms in total. The molecule has 0 heterocycles. The highest BCUT2D eigenvalue weighted by molar-refractivity contribution is 7.85. The first-order valence-corrected chi connectivity index (χ1v) is 12.6. The normalized spacial score (nSPS) is 25.0. The maximum atomic E-state index is 11.0. The standard InChI is InChI=1S/C15H32O4SSi/c1-15(2,3)21(5,6)19-12-14-9-7-13(8-10-14)11-18-20(4,16)17/h13-14H,7-12H2,1-6H3/t13-,14-. The summed E-state index contributed by atoms with van der Waals surface area (Å²) < 4.78 is 33.2. The molecule has 0 atom stereocenters. The van der Waals surface area contributed by atoms with E-state index in [4.69, 9.17) is 8.61 Å². The van der Waals surface area contributed by atoms with Crippen LogP contribution in [0.2, 0.25) is 18.1 Å². The van der Waals surface area contributed by atoms with Crippen molar-refractivity contribution in [2.45, 2.75) is 64.6 Å². The zero-order valence-corrected chi connectivity index (χ0v) is 16.3. The van der Waals surface area contributed by atoms with Crippen molar-refractivity contribution in [3.8, 4) is 0 Å². The van der Waals surface area contributed by atoms with Crippen LogP contribution in [0, 0.1) is 11.8 Å². The van der Waals surface area contributed by atoms with E-state index >= 15 is 0 Å².